The minimum Gasteiger partial charge on any atom is -0.347 e. The molecule has 1 saturated heterocycles. The zero-order chi connectivity index (χ0) is 11.5. The summed E-state index contributed by atoms with van der Waals surface area (Å²) in [7, 11) is 0. The minimum absolute atomic E-state index is 0.822. The van der Waals surface area contributed by atoms with E-state index >= 15 is 0 Å². The average molecular weight is 239 g/mol. The van der Waals surface area contributed by atoms with Gasteiger partial charge in [0.25, 0.3) is 0 Å². The summed E-state index contributed by atoms with van der Waals surface area (Å²) in [5.74, 6) is 2.71. The Labute approximate surface area is 102 Å². The van der Waals surface area contributed by atoms with Gasteiger partial charge in [0.05, 0.1) is 0 Å². The molecule has 0 aromatic carbocycles. The maximum atomic E-state index is 4.56. The zero-order valence-corrected chi connectivity index (χ0v) is 11.3. The largest absolute Gasteiger partial charge is 0.347 e. The molecule has 0 aliphatic carbocycles. The van der Waals surface area contributed by atoms with Gasteiger partial charge in [0, 0.05) is 31.0 Å². The molecule has 0 unspecified atom stereocenters. The summed E-state index contributed by atoms with van der Waals surface area (Å²) >= 11 is 1.56. The van der Waals surface area contributed by atoms with E-state index in [9.17, 15) is 0 Å². The van der Waals surface area contributed by atoms with Gasteiger partial charge in [-0.3, -0.25) is 0 Å². The van der Waals surface area contributed by atoms with Gasteiger partial charge >= 0.3 is 0 Å². The Hall–Kier alpha value is -0.640. The maximum absolute atomic E-state index is 4.56. The van der Waals surface area contributed by atoms with E-state index in [1.807, 2.05) is 0 Å². The number of hydrogen-bond donors (Lipinski definition) is 0. The SMILES string of the molecule is CCc1nsc(N2CCC(C(C)C)CC2)n1. The van der Waals surface area contributed by atoms with Crippen molar-refractivity contribution in [3.05, 3.63) is 5.82 Å². The van der Waals surface area contributed by atoms with Crippen LogP contribution >= 0.6 is 11.5 Å². The van der Waals surface area contributed by atoms with Crippen LogP contribution in [0.25, 0.3) is 0 Å². The molecule has 2 rings (SSSR count). The fraction of sp³-hybridized carbons (Fsp3) is 0.833. The monoisotopic (exact) mass is 239 g/mol. The minimum atomic E-state index is 0.822. The van der Waals surface area contributed by atoms with Crippen molar-refractivity contribution in [2.75, 3.05) is 18.0 Å². The summed E-state index contributed by atoms with van der Waals surface area (Å²) < 4.78 is 4.35. The van der Waals surface area contributed by atoms with Crippen LogP contribution in [0.15, 0.2) is 0 Å². The topological polar surface area (TPSA) is 29.0 Å². The quantitative estimate of drug-likeness (QED) is 0.812. The van der Waals surface area contributed by atoms with Crippen molar-refractivity contribution >= 4 is 16.7 Å². The second kappa shape index (κ2) is 5.13. The molecule has 0 spiro atoms. The van der Waals surface area contributed by atoms with E-state index in [0.29, 0.717) is 0 Å². The first kappa shape index (κ1) is 11.8. The van der Waals surface area contributed by atoms with E-state index in [4.69, 9.17) is 0 Å². The van der Waals surface area contributed by atoms with Crippen molar-refractivity contribution in [3.63, 3.8) is 0 Å². The second-order valence-corrected chi connectivity index (χ2v) is 5.65. The smallest absolute Gasteiger partial charge is 0.205 e. The number of anilines is 1. The molecule has 90 valence electrons. The van der Waals surface area contributed by atoms with Crippen LogP contribution in [0.3, 0.4) is 0 Å². The highest BCUT2D eigenvalue weighted by molar-refractivity contribution is 7.09. The summed E-state index contributed by atoms with van der Waals surface area (Å²) in [5.41, 5.74) is 0. The number of aryl methyl sites for hydroxylation is 1. The van der Waals surface area contributed by atoms with Gasteiger partial charge in [0.1, 0.15) is 5.82 Å². The molecule has 0 N–H and O–H groups in total. The van der Waals surface area contributed by atoms with Gasteiger partial charge in [-0.05, 0) is 24.7 Å². The van der Waals surface area contributed by atoms with Crippen LogP contribution in [0.4, 0.5) is 5.13 Å². The van der Waals surface area contributed by atoms with E-state index < -0.39 is 0 Å². The highest BCUT2D eigenvalue weighted by atomic mass is 32.1. The lowest BCUT2D eigenvalue weighted by atomic mass is 9.87. The van der Waals surface area contributed by atoms with Crippen LogP contribution in [0.2, 0.25) is 0 Å². The summed E-state index contributed by atoms with van der Waals surface area (Å²) in [5, 5.41) is 1.12. The molecule has 3 nitrogen and oxygen atoms in total. The van der Waals surface area contributed by atoms with Gasteiger partial charge in [-0.15, -0.1) is 0 Å². The lowest BCUT2D eigenvalue weighted by Gasteiger charge is -2.33. The van der Waals surface area contributed by atoms with Crippen LogP contribution in [0, 0.1) is 11.8 Å². The van der Waals surface area contributed by atoms with Crippen LogP contribution in [0.1, 0.15) is 39.4 Å². The Morgan fingerprint density at radius 2 is 2.06 bits per heavy atom. The first-order chi connectivity index (χ1) is 7.70. The van der Waals surface area contributed by atoms with E-state index in [0.717, 1.165) is 42.3 Å². The highest BCUT2D eigenvalue weighted by Gasteiger charge is 2.23. The Balaban J connectivity index is 1.93. The molecule has 1 aliphatic rings. The van der Waals surface area contributed by atoms with Gasteiger partial charge in [-0.2, -0.15) is 4.37 Å². The van der Waals surface area contributed by atoms with Crippen LogP contribution < -0.4 is 4.90 Å². The predicted molar refractivity (Wildman–Crippen MR) is 69.1 cm³/mol. The van der Waals surface area contributed by atoms with Crippen molar-refractivity contribution in [2.45, 2.75) is 40.0 Å². The number of piperidine rings is 1. The normalized spacial score (nSPS) is 18.4. The summed E-state index contributed by atoms with van der Waals surface area (Å²) in [6, 6.07) is 0. The molecule has 1 aromatic heterocycles. The number of hydrogen-bond acceptors (Lipinski definition) is 4. The zero-order valence-electron chi connectivity index (χ0n) is 10.4. The second-order valence-electron chi connectivity index (χ2n) is 4.92. The third-order valence-corrected chi connectivity index (χ3v) is 4.34. The summed E-state index contributed by atoms with van der Waals surface area (Å²) in [6.45, 7) is 9.08. The molecule has 0 radical (unpaired) electrons. The Morgan fingerprint density at radius 3 is 2.56 bits per heavy atom. The Bertz CT molecular complexity index is 327. The Kier molecular flexibility index (Phi) is 3.79. The molecule has 1 fully saturated rings. The third kappa shape index (κ3) is 2.54. The third-order valence-electron chi connectivity index (χ3n) is 3.53. The maximum Gasteiger partial charge on any atom is 0.205 e. The molecular formula is C12H21N3S. The van der Waals surface area contributed by atoms with E-state index in [-0.39, 0.29) is 0 Å². The van der Waals surface area contributed by atoms with Gasteiger partial charge in [0.2, 0.25) is 5.13 Å². The fourth-order valence-electron chi connectivity index (χ4n) is 2.27. The van der Waals surface area contributed by atoms with Crippen molar-refractivity contribution in [3.8, 4) is 0 Å². The lowest BCUT2D eigenvalue weighted by molar-refractivity contribution is 0.311. The molecule has 0 amide bonds. The molecule has 2 heterocycles. The van der Waals surface area contributed by atoms with Gasteiger partial charge in [-0.1, -0.05) is 20.8 Å². The molecule has 16 heavy (non-hydrogen) atoms. The molecular weight excluding hydrogens is 218 g/mol. The van der Waals surface area contributed by atoms with E-state index in [1.165, 1.54) is 12.8 Å². The first-order valence-electron chi connectivity index (χ1n) is 6.28. The van der Waals surface area contributed by atoms with Crippen molar-refractivity contribution in [2.24, 2.45) is 11.8 Å². The number of nitrogens with zero attached hydrogens (tertiary/aromatic N) is 3. The molecule has 1 aliphatic heterocycles. The van der Waals surface area contributed by atoms with Crippen LogP contribution in [-0.4, -0.2) is 22.4 Å². The Morgan fingerprint density at radius 1 is 1.38 bits per heavy atom. The molecule has 1 aromatic rings. The number of aromatic nitrogens is 2. The molecule has 4 heteroatoms. The molecule has 0 saturated carbocycles. The average Bonchev–Trinajstić information content (AvgIpc) is 2.77. The van der Waals surface area contributed by atoms with Crippen LogP contribution in [-0.2, 0) is 6.42 Å². The molecule has 0 bridgehead atoms. The molecule has 0 atom stereocenters. The first-order valence-corrected chi connectivity index (χ1v) is 7.05. The van der Waals surface area contributed by atoms with E-state index in [2.05, 4.69) is 35.0 Å². The van der Waals surface area contributed by atoms with Crippen molar-refractivity contribution in [1.29, 1.82) is 0 Å². The van der Waals surface area contributed by atoms with Gasteiger partial charge < -0.3 is 4.90 Å². The number of rotatable bonds is 3. The summed E-state index contributed by atoms with van der Waals surface area (Å²) in [6.07, 6.45) is 3.55. The standard InChI is InChI=1S/C12H21N3S/c1-4-11-13-12(16-14-11)15-7-5-10(6-8-15)9(2)3/h9-10H,4-8H2,1-3H3. The van der Waals surface area contributed by atoms with Gasteiger partial charge in [-0.25, -0.2) is 4.98 Å². The predicted octanol–water partition coefficient (Wildman–Crippen LogP) is 2.97. The fourth-order valence-corrected chi connectivity index (χ4v) is 3.08. The van der Waals surface area contributed by atoms with Gasteiger partial charge in [0.15, 0.2) is 0 Å². The van der Waals surface area contributed by atoms with Crippen molar-refractivity contribution in [1.82, 2.24) is 9.36 Å². The van der Waals surface area contributed by atoms with Crippen LogP contribution in [0.5, 0.6) is 0 Å². The summed E-state index contributed by atoms with van der Waals surface area (Å²) in [4.78, 5) is 6.95. The highest BCUT2D eigenvalue weighted by Crippen LogP contribution is 2.28. The lowest BCUT2D eigenvalue weighted by Crippen LogP contribution is -2.35. The van der Waals surface area contributed by atoms with Crippen molar-refractivity contribution < 1.29 is 0 Å². The van der Waals surface area contributed by atoms with E-state index in [1.54, 1.807) is 11.5 Å².